The van der Waals surface area contributed by atoms with E-state index in [-0.39, 0.29) is 17.9 Å². The molecule has 0 saturated carbocycles. The summed E-state index contributed by atoms with van der Waals surface area (Å²) in [6.07, 6.45) is 2.22. The van der Waals surface area contributed by atoms with Crippen molar-refractivity contribution in [2.45, 2.75) is 26.3 Å². The summed E-state index contributed by atoms with van der Waals surface area (Å²) in [5.74, 6) is 0.318. The molecule has 0 unspecified atom stereocenters. The minimum Gasteiger partial charge on any atom is -0.469 e. The lowest BCUT2D eigenvalue weighted by molar-refractivity contribution is 0.0938. The molecule has 2 amide bonds. The van der Waals surface area contributed by atoms with Gasteiger partial charge in [-0.15, -0.1) is 0 Å². The lowest BCUT2D eigenvalue weighted by atomic mass is 10.1. The summed E-state index contributed by atoms with van der Waals surface area (Å²) in [7, 11) is 0. The molecule has 0 spiro atoms. The third kappa shape index (κ3) is 4.26. The number of carbonyl (C=O) groups excluding carboxylic acids is 2. The Bertz CT molecular complexity index is 1200. The number of rotatable bonds is 6. The highest BCUT2D eigenvalue weighted by Gasteiger charge is 2.17. The van der Waals surface area contributed by atoms with Crippen LogP contribution in [0, 0.1) is 6.92 Å². The zero-order chi connectivity index (χ0) is 21.1. The van der Waals surface area contributed by atoms with Crippen LogP contribution in [0.25, 0.3) is 10.1 Å². The van der Waals surface area contributed by atoms with Gasteiger partial charge in [-0.2, -0.15) is 4.37 Å². The first-order chi connectivity index (χ1) is 14.5. The molecule has 2 heterocycles. The van der Waals surface area contributed by atoms with Crippen molar-refractivity contribution in [3.05, 3.63) is 83.4 Å². The molecule has 1 atom stereocenters. The monoisotopic (exact) mass is 419 g/mol. The van der Waals surface area contributed by atoms with Crippen molar-refractivity contribution in [3.8, 4) is 0 Å². The molecule has 152 valence electrons. The standard InChI is InChI=1S/C23H21N3O3S/c1-14-9-10-16(22(27)24-15(2)12-17-6-5-11-29-17)13-19(14)25-23(28)21-18-7-3-4-8-20(18)30-26-21/h3-11,13,15H,12H2,1-2H3,(H,24,27)(H,25,28)/t15-/m1/s1. The first-order valence-corrected chi connectivity index (χ1v) is 10.4. The number of fused-ring (bicyclic) bond motifs is 1. The molecule has 0 fully saturated rings. The van der Waals surface area contributed by atoms with Gasteiger partial charge in [0.2, 0.25) is 0 Å². The van der Waals surface area contributed by atoms with Crippen LogP contribution in [0.5, 0.6) is 0 Å². The van der Waals surface area contributed by atoms with E-state index in [1.165, 1.54) is 11.5 Å². The van der Waals surface area contributed by atoms with Crippen molar-refractivity contribution in [1.82, 2.24) is 9.69 Å². The number of carbonyl (C=O) groups is 2. The molecule has 4 aromatic rings. The van der Waals surface area contributed by atoms with Crippen LogP contribution in [-0.4, -0.2) is 22.2 Å². The molecule has 0 radical (unpaired) electrons. The number of hydrogen-bond acceptors (Lipinski definition) is 5. The SMILES string of the molecule is Cc1ccc(C(=O)N[C@H](C)Cc2ccco2)cc1NC(=O)c1nsc2ccccc12. The highest BCUT2D eigenvalue weighted by molar-refractivity contribution is 7.13. The molecular weight excluding hydrogens is 398 g/mol. The Morgan fingerprint density at radius 3 is 2.73 bits per heavy atom. The number of aryl methyl sites for hydroxylation is 1. The van der Waals surface area contributed by atoms with E-state index in [4.69, 9.17) is 4.42 Å². The fourth-order valence-electron chi connectivity index (χ4n) is 3.22. The zero-order valence-corrected chi connectivity index (χ0v) is 17.5. The van der Waals surface area contributed by atoms with Gasteiger partial charge < -0.3 is 15.1 Å². The fourth-order valence-corrected chi connectivity index (χ4v) is 3.99. The lowest BCUT2D eigenvalue weighted by Crippen LogP contribution is -2.34. The molecule has 4 rings (SSSR count). The second kappa shape index (κ2) is 8.51. The lowest BCUT2D eigenvalue weighted by Gasteiger charge is -2.14. The van der Waals surface area contributed by atoms with Crippen molar-refractivity contribution in [1.29, 1.82) is 0 Å². The molecule has 0 aliphatic rings. The number of anilines is 1. The summed E-state index contributed by atoms with van der Waals surface area (Å²) in [5.41, 5.74) is 2.31. The Morgan fingerprint density at radius 2 is 1.93 bits per heavy atom. The third-order valence-electron chi connectivity index (χ3n) is 4.81. The van der Waals surface area contributed by atoms with Crippen LogP contribution in [-0.2, 0) is 6.42 Å². The van der Waals surface area contributed by atoms with E-state index in [0.717, 1.165) is 21.4 Å². The summed E-state index contributed by atoms with van der Waals surface area (Å²) in [6, 6.07) is 16.5. The van der Waals surface area contributed by atoms with E-state index in [2.05, 4.69) is 15.0 Å². The Labute approximate surface area is 178 Å². The molecule has 0 bridgehead atoms. The van der Waals surface area contributed by atoms with E-state index >= 15 is 0 Å². The molecule has 30 heavy (non-hydrogen) atoms. The quantitative estimate of drug-likeness (QED) is 0.470. The molecule has 6 nitrogen and oxygen atoms in total. The fraction of sp³-hybridized carbons (Fsp3) is 0.174. The average molecular weight is 420 g/mol. The molecule has 7 heteroatoms. The molecule has 2 aromatic carbocycles. The predicted octanol–water partition coefficient (Wildman–Crippen LogP) is 4.81. The van der Waals surface area contributed by atoms with Crippen LogP contribution in [0.4, 0.5) is 5.69 Å². The summed E-state index contributed by atoms with van der Waals surface area (Å²) in [6.45, 7) is 3.81. The van der Waals surface area contributed by atoms with E-state index < -0.39 is 0 Å². The zero-order valence-electron chi connectivity index (χ0n) is 16.6. The van der Waals surface area contributed by atoms with Gasteiger partial charge in [-0.1, -0.05) is 24.3 Å². The maximum absolute atomic E-state index is 12.8. The number of hydrogen-bond donors (Lipinski definition) is 2. The van der Waals surface area contributed by atoms with Crippen molar-refractivity contribution >= 4 is 39.1 Å². The van der Waals surface area contributed by atoms with Crippen LogP contribution in [0.1, 0.15) is 39.1 Å². The van der Waals surface area contributed by atoms with Crippen molar-refractivity contribution < 1.29 is 14.0 Å². The molecule has 2 aromatic heterocycles. The van der Waals surface area contributed by atoms with Gasteiger partial charge in [0, 0.05) is 29.1 Å². The smallest absolute Gasteiger partial charge is 0.276 e. The summed E-state index contributed by atoms with van der Waals surface area (Å²) >= 11 is 1.29. The van der Waals surface area contributed by atoms with Crippen LogP contribution >= 0.6 is 11.5 Å². The molecule has 0 saturated heterocycles. The Kier molecular flexibility index (Phi) is 5.63. The summed E-state index contributed by atoms with van der Waals surface area (Å²) in [4.78, 5) is 25.5. The molecule has 0 aliphatic heterocycles. The van der Waals surface area contributed by atoms with E-state index in [9.17, 15) is 9.59 Å². The van der Waals surface area contributed by atoms with Gasteiger partial charge in [0.25, 0.3) is 11.8 Å². The highest BCUT2D eigenvalue weighted by atomic mass is 32.1. The predicted molar refractivity (Wildman–Crippen MR) is 118 cm³/mol. The third-order valence-corrected chi connectivity index (χ3v) is 5.63. The first-order valence-electron chi connectivity index (χ1n) is 9.61. The molecule has 2 N–H and O–H groups in total. The molecular formula is C23H21N3O3S. The maximum Gasteiger partial charge on any atom is 0.276 e. The largest absolute Gasteiger partial charge is 0.469 e. The number of nitrogens with one attached hydrogen (secondary N) is 2. The van der Waals surface area contributed by atoms with Crippen molar-refractivity contribution in [3.63, 3.8) is 0 Å². The number of aromatic nitrogens is 1. The van der Waals surface area contributed by atoms with Crippen LogP contribution < -0.4 is 10.6 Å². The topological polar surface area (TPSA) is 84.2 Å². The number of benzene rings is 2. The molecule has 0 aliphatic carbocycles. The van der Waals surface area contributed by atoms with Gasteiger partial charge in [0.05, 0.1) is 11.0 Å². The Balaban J connectivity index is 1.48. The van der Waals surface area contributed by atoms with Crippen LogP contribution in [0.15, 0.2) is 65.3 Å². The van der Waals surface area contributed by atoms with Gasteiger partial charge in [0.15, 0.2) is 0 Å². The van der Waals surface area contributed by atoms with Gasteiger partial charge in [-0.3, -0.25) is 9.59 Å². The first kappa shape index (κ1) is 19.8. The number of furan rings is 1. The number of nitrogens with zero attached hydrogens (tertiary/aromatic N) is 1. The maximum atomic E-state index is 12.8. The van der Waals surface area contributed by atoms with E-state index in [0.29, 0.717) is 23.4 Å². The van der Waals surface area contributed by atoms with Crippen molar-refractivity contribution in [2.24, 2.45) is 0 Å². The van der Waals surface area contributed by atoms with Crippen LogP contribution in [0.2, 0.25) is 0 Å². The average Bonchev–Trinajstić information content (AvgIpc) is 3.39. The number of amides is 2. The van der Waals surface area contributed by atoms with Crippen molar-refractivity contribution in [2.75, 3.05) is 5.32 Å². The minimum absolute atomic E-state index is 0.0932. The summed E-state index contributed by atoms with van der Waals surface area (Å²) in [5, 5.41) is 6.68. The van der Waals surface area contributed by atoms with E-state index in [1.807, 2.05) is 56.3 Å². The normalized spacial score (nSPS) is 11.9. The minimum atomic E-state index is -0.292. The van der Waals surface area contributed by atoms with Gasteiger partial charge in [-0.05, 0) is 61.3 Å². The second-order valence-electron chi connectivity index (χ2n) is 7.17. The Hall–Kier alpha value is -3.45. The van der Waals surface area contributed by atoms with E-state index in [1.54, 1.807) is 18.4 Å². The Morgan fingerprint density at radius 1 is 1.10 bits per heavy atom. The highest BCUT2D eigenvalue weighted by Crippen LogP contribution is 2.24. The van der Waals surface area contributed by atoms with Crippen LogP contribution in [0.3, 0.4) is 0 Å². The van der Waals surface area contributed by atoms with Gasteiger partial charge in [0.1, 0.15) is 11.5 Å². The van der Waals surface area contributed by atoms with Gasteiger partial charge in [-0.25, -0.2) is 0 Å². The summed E-state index contributed by atoms with van der Waals surface area (Å²) < 4.78 is 10.6. The second-order valence-corrected chi connectivity index (χ2v) is 7.97. The van der Waals surface area contributed by atoms with Gasteiger partial charge >= 0.3 is 0 Å².